The number of nitrogen functional groups attached to an aromatic ring is 1. The van der Waals surface area contributed by atoms with Crippen molar-refractivity contribution in [2.45, 2.75) is 13.5 Å². The van der Waals surface area contributed by atoms with Crippen LogP contribution in [0.3, 0.4) is 0 Å². The van der Waals surface area contributed by atoms with Gasteiger partial charge in [0.25, 0.3) is 0 Å². The van der Waals surface area contributed by atoms with E-state index in [2.05, 4.69) is 11.8 Å². The fraction of sp³-hybridized carbons (Fsp3) is 0.250. The van der Waals surface area contributed by atoms with Gasteiger partial charge in [0.1, 0.15) is 11.5 Å². The van der Waals surface area contributed by atoms with Crippen LogP contribution in [0.4, 0.5) is 11.4 Å². The summed E-state index contributed by atoms with van der Waals surface area (Å²) in [4.78, 5) is 2.17. The molecule has 0 heterocycles. The van der Waals surface area contributed by atoms with Crippen molar-refractivity contribution in [2.75, 3.05) is 24.3 Å². The molecule has 0 amide bonds. The average Bonchev–Trinajstić information content (AvgIpc) is 2.45. The van der Waals surface area contributed by atoms with Crippen LogP contribution in [0.25, 0.3) is 0 Å². The van der Waals surface area contributed by atoms with Gasteiger partial charge in [-0.05, 0) is 36.8 Å². The molecule has 0 unspecified atom stereocenters. The van der Waals surface area contributed by atoms with Gasteiger partial charge in [0, 0.05) is 24.8 Å². The third kappa shape index (κ3) is 3.15. The normalized spacial score (nSPS) is 10.3. The van der Waals surface area contributed by atoms with E-state index in [9.17, 15) is 5.11 Å². The van der Waals surface area contributed by atoms with Gasteiger partial charge in [0.2, 0.25) is 0 Å². The summed E-state index contributed by atoms with van der Waals surface area (Å²) >= 11 is 0. The molecule has 0 saturated carbocycles. The molecule has 0 aliphatic rings. The number of nitrogens with zero attached hydrogens (tertiary/aromatic N) is 1. The highest BCUT2D eigenvalue weighted by atomic mass is 16.5. The molecule has 0 atom stereocenters. The van der Waals surface area contributed by atoms with E-state index in [0.717, 1.165) is 24.3 Å². The fourth-order valence-electron chi connectivity index (χ4n) is 2.18. The molecular formula is C16H20N2O2. The van der Waals surface area contributed by atoms with E-state index in [1.165, 1.54) is 0 Å². The first-order valence-corrected chi connectivity index (χ1v) is 6.60. The summed E-state index contributed by atoms with van der Waals surface area (Å²) in [5, 5.41) is 9.57. The zero-order valence-electron chi connectivity index (χ0n) is 11.8. The number of benzene rings is 2. The van der Waals surface area contributed by atoms with Gasteiger partial charge >= 0.3 is 0 Å². The molecule has 3 N–H and O–H groups in total. The molecule has 0 aliphatic heterocycles. The van der Waals surface area contributed by atoms with E-state index in [-0.39, 0.29) is 5.75 Å². The van der Waals surface area contributed by atoms with Gasteiger partial charge in [-0.3, -0.25) is 0 Å². The quantitative estimate of drug-likeness (QED) is 0.821. The lowest BCUT2D eigenvalue weighted by atomic mass is 10.1. The van der Waals surface area contributed by atoms with E-state index >= 15 is 0 Å². The highest BCUT2D eigenvalue weighted by molar-refractivity contribution is 5.56. The molecule has 4 heteroatoms. The largest absolute Gasteiger partial charge is 0.508 e. The van der Waals surface area contributed by atoms with Crippen LogP contribution in [0, 0.1) is 0 Å². The summed E-state index contributed by atoms with van der Waals surface area (Å²) in [6.45, 7) is 3.65. The lowest BCUT2D eigenvalue weighted by molar-refractivity contribution is 0.417. The second-order valence-corrected chi connectivity index (χ2v) is 4.61. The van der Waals surface area contributed by atoms with Gasteiger partial charge in [-0.2, -0.15) is 0 Å². The molecule has 2 aromatic rings. The minimum absolute atomic E-state index is 0.273. The van der Waals surface area contributed by atoms with E-state index in [0.29, 0.717) is 11.4 Å². The number of methoxy groups -OCH3 is 1. The fourth-order valence-corrected chi connectivity index (χ4v) is 2.18. The number of nitrogens with two attached hydrogens (primary N) is 1. The van der Waals surface area contributed by atoms with Crippen molar-refractivity contribution >= 4 is 11.4 Å². The van der Waals surface area contributed by atoms with Crippen molar-refractivity contribution in [3.63, 3.8) is 0 Å². The monoisotopic (exact) mass is 272 g/mol. The molecule has 0 radical (unpaired) electrons. The van der Waals surface area contributed by atoms with E-state index < -0.39 is 0 Å². The summed E-state index contributed by atoms with van der Waals surface area (Å²) in [6, 6.07) is 13.1. The Kier molecular flexibility index (Phi) is 4.35. The topological polar surface area (TPSA) is 58.7 Å². The Hall–Kier alpha value is -2.36. The average molecular weight is 272 g/mol. The summed E-state index contributed by atoms with van der Waals surface area (Å²) in [6.07, 6.45) is 0. The molecule has 2 aromatic carbocycles. The van der Waals surface area contributed by atoms with Gasteiger partial charge < -0.3 is 20.5 Å². The molecule has 0 bridgehead atoms. The SMILES string of the molecule is CCN(Cc1ccc(OC)c(N)c1)c1cccc(O)c1. The van der Waals surface area contributed by atoms with Crippen LogP contribution in [0.15, 0.2) is 42.5 Å². The molecule has 0 fully saturated rings. The first-order chi connectivity index (χ1) is 9.63. The summed E-state index contributed by atoms with van der Waals surface area (Å²) in [5.74, 6) is 0.962. The van der Waals surface area contributed by atoms with Gasteiger partial charge in [0.05, 0.1) is 12.8 Å². The Morgan fingerprint density at radius 2 is 2.00 bits per heavy atom. The minimum Gasteiger partial charge on any atom is -0.508 e. The smallest absolute Gasteiger partial charge is 0.141 e. The molecule has 2 rings (SSSR count). The van der Waals surface area contributed by atoms with Gasteiger partial charge in [-0.25, -0.2) is 0 Å². The van der Waals surface area contributed by atoms with Crippen LogP contribution in [-0.2, 0) is 6.54 Å². The Morgan fingerprint density at radius 1 is 1.20 bits per heavy atom. The second kappa shape index (κ2) is 6.19. The lowest BCUT2D eigenvalue weighted by Gasteiger charge is -2.23. The number of hydrogen-bond acceptors (Lipinski definition) is 4. The van der Waals surface area contributed by atoms with Gasteiger partial charge in [-0.1, -0.05) is 12.1 Å². The molecular weight excluding hydrogens is 252 g/mol. The zero-order chi connectivity index (χ0) is 14.5. The number of rotatable bonds is 5. The molecule has 20 heavy (non-hydrogen) atoms. The number of phenolic OH excluding ortho intramolecular Hbond substituents is 1. The van der Waals surface area contributed by atoms with Gasteiger partial charge in [0.15, 0.2) is 0 Å². The summed E-state index contributed by atoms with van der Waals surface area (Å²) in [7, 11) is 1.61. The maximum absolute atomic E-state index is 9.57. The first-order valence-electron chi connectivity index (χ1n) is 6.60. The number of hydrogen-bond donors (Lipinski definition) is 2. The second-order valence-electron chi connectivity index (χ2n) is 4.61. The van der Waals surface area contributed by atoms with Crippen molar-refractivity contribution in [1.29, 1.82) is 0 Å². The van der Waals surface area contributed by atoms with Crippen LogP contribution in [0.5, 0.6) is 11.5 Å². The zero-order valence-corrected chi connectivity index (χ0v) is 11.8. The predicted molar refractivity (Wildman–Crippen MR) is 82.2 cm³/mol. The van der Waals surface area contributed by atoms with Crippen LogP contribution in [0.2, 0.25) is 0 Å². The van der Waals surface area contributed by atoms with Crippen molar-refractivity contribution in [3.8, 4) is 11.5 Å². The highest BCUT2D eigenvalue weighted by Crippen LogP contribution is 2.25. The van der Waals surface area contributed by atoms with Crippen molar-refractivity contribution in [3.05, 3.63) is 48.0 Å². The van der Waals surface area contributed by atoms with Crippen LogP contribution in [-0.4, -0.2) is 18.8 Å². The van der Waals surface area contributed by atoms with Gasteiger partial charge in [-0.15, -0.1) is 0 Å². The van der Waals surface area contributed by atoms with Crippen LogP contribution in [0.1, 0.15) is 12.5 Å². The molecule has 0 saturated heterocycles. The Balaban J connectivity index is 2.20. The maximum atomic E-state index is 9.57. The summed E-state index contributed by atoms with van der Waals surface area (Å²) < 4.78 is 5.16. The molecule has 0 aliphatic carbocycles. The Morgan fingerprint density at radius 3 is 2.60 bits per heavy atom. The summed E-state index contributed by atoms with van der Waals surface area (Å²) in [5.41, 5.74) is 8.66. The number of ether oxygens (including phenoxy) is 1. The third-order valence-electron chi connectivity index (χ3n) is 3.24. The number of phenols is 1. The molecule has 4 nitrogen and oxygen atoms in total. The van der Waals surface area contributed by atoms with Crippen molar-refractivity contribution < 1.29 is 9.84 Å². The predicted octanol–water partition coefficient (Wildman–Crippen LogP) is 3.01. The molecule has 106 valence electrons. The van der Waals surface area contributed by atoms with Crippen LogP contribution < -0.4 is 15.4 Å². The Labute approximate surface area is 119 Å². The van der Waals surface area contributed by atoms with E-state index in [4.69, 9.17) is 10.5 Å². The van der Waals surface area contributed by atoms with E-state index in [1.54, 1.807) is 19.2 Å². The lowest BCUT2D eigenvalue weighted by Crippen LogP contribution is -2.21. The third-order valence-corrected chi connectivity index (χ3v) is 3.24. The van der Waals surface area contributed by atoms with Crippen molar-refractivity contribution in [1.82, 2.24) is 0 Å². The van der Waals surface area contributed by atoms with E-state index in [1.807, 2.05) is 30.3 Å². The van der Waals surface area contributed by atoms with Crippen LogP contribution >= 0.6 is 0 Å². The van der Waals surface area contributed by atoms with Crippen molar-refractivity contribution in [2.24, 2.45) is 0 Å². The number of aromatic hydroxyl groups is 1. The standard InChI is InChI=1S/C16H20N2O2/c1-3-18(13-5-4-6-14(19)10-13)11-12-7-8-16(20-2)15(17)9-12/h4-10,19H,3,11,17H2,1-2H3. The maximum Gasteiger partial charge on any atom is 0.141 e. The highest BCUT2D eigenvalue weighted by Gasteiger charge is 2.08. The Bertz CT molecular complexity index is 584. The molecule has 0 aromatic heterocycles. The molecule has 0 spiro atoms. The number of anilines is 2. The minimum atomic E-state index is 0.273. The first kappa shape index (κ1) is 14.1.